The molecule has 6 rings (SSSR count). The summed E-state index contributed by atoms with van der Waals surface area (Å²) in [5.74, 6) is 0.110. The van der Waals surface area contributed by atoms with Crippen molar-refractivity contribution in [3.05, 3.63) is 140 Å². The number of aliphatic carboxylic acids is 2. The van der Waals surface area contributed by atoms with E-state index in [9.17, 15) is 29.4 Å². The topological polar surface area (TPSA) is 166 Å². The number of carbonyl (C=O) groups excluding carboxylic acids is 2. The third-order valence-electron chi connectivity index (χ3n) is 10.3. The fourth-order valence-corrected chi connectivity index (χ4v) is 8.14. The maximum absolute atomic E-state index is 12.8. The molecule has 65 heavy (non-hydrogen) atoms. The highest BCUT2D eigenvalue weighted by atomic mass is 35.5. The smallest absolute Gasteiger partial charge is 0.347 e. The molecule has 0 unspecified atom stereocenters. The number of aryl methyl sites for hydroxylation is 3. The van der Waals surface area contributed by atoms with Crippen LogP contribution in [-0.4, -0.2) is 54.9 Å². The molecule has 0 saturated heterocycles. The van der Waals surface area contributed by atoms with Crippen LogP contribution in [0.1, 0.15) is 128 Å². The lowest BCUT2D eigenvalue weighted by atomic mass is 10.0. The first-order valence-corrected chi connectivity index (χ1v) is 22.7. The quantitative estimate of drug-likeness (QED) is 0.0787. The zero-order valence-corrected chi connectivity index (χ0v) is 40.3. The number of nitrogens with zero attached hydrogens (tertiary/aromatic N) is 2. The average molecular weight is 942 g/mol. The Balaban J connectivity index is 0.000000244. The average Bonchev–Trinajstić information content (AvgIpc) is 3.88. The number of aromatic nitrogens is 2. The number of ether oxygens (including phenoxy) is 2. The molecule has 0 spiro atoms. The summed E-state index contributed by atoms with van der Waals surface area (Å²) in [6, 6.07) is 26.5. The van der Waals surface area contributed by atoms with Crippen LogP contribution in [0.15, 0.2) is 95.4 Å². The van der Waals surface area contributed by atoms with Crippen molar-refractivity contribution in [3.8, 4) is 33.5 Å². The van der Waals surface area contributed by atoms with E-state index < -0.39 is 23.1 Å². The zero-order valence-electron chi connectivity index (χ0n) is 38.0. The Hall–Kier alpha value is -5.82. The van der Waals surface area contributed by atoms with Crippen LogP contribution in [0.3, 0.4) is 0 Å². The summed E-state index contributed by atoms with van der Waals surface area (Å²) in [7, 11) is 0. The van der Waals surface area contributed by atoms with Crippen molar-refractivity contribution in [3.63, 3.8) is 0 Å². The minimum absolute atomic E-state index is 0.0361. The van der Waals surface area contributed by atoms with Gasteiger partial charge in [-0.2, -0.15) is 0 Å². The molecule has 0 atom stereocenters. The van der Waals surface area contributed by atoms with E-state index in [2.05, 4.69) is 50.0 Å². The third kappa shape index (κ3) is 13.4. The van der Waals surface area contributed by atoms with Crippen LogP contribution < -0.4 is 9.47 Å². The Morgan fingerprint density at radius 2 is 1.20 bits per heavy atom. The summed E-state index contributed by atoms with van der Waals surface area (Å²) in [5.41, 5.74) is 3.10. The Kier molecular flexibility index (Phi) is 16.6. The Morgan fingerprint density at radius 1 is 0.692 bits per heavy atom. The molecule has 14 heteroatoms. The number of benzene rings is 4. The van der Waals surface area contributed by atoms with Gasteiger partial charge < -0.3 is 24.1 Å². The molecule has 2 aromatic heterocycles. The molecular weight excluding hydrogens is 888 g/mol. The van der Waals surface area contributed by atoms with Crippen molar-refractivity contribution in [1.29, 1.82) is 0 Å². The summed E-state index contributed by atoms with van der Waals surface area (Å²) in [6.07, 6.45) is 1.67. The summed E-state index contributed by atoms with van der Waals surface area (Å²) >= 11 is 13.9. The number of oxazole rings is 1. The van der Waals surface area contributed by atoms with Gasteiger partial charge in [-0.1, -0.05) is 80.7 Å². The SMILES string of the molecule is CC(C)c1oc(-c2ccc(Cl)cc2Cl)nc1CCC(=O)c1ccc(OC(C)(C)C(=O)O)cc1.Cc1ccc(-c2nc(C(C)C)c(CCC(=O)c3ccc(OC(C)(C)C(=O)O)cc3)s2)cc1. The Bertz CT molecular complexity index is 2630. The van der Waals surface area contributed by atoms with Crippen LogP contribution in [0.4, 0.5) is 0 Å². The van der Waals surface area contributed by atoms with Gasteiger partial charge in [-0.25, -0.2) is 19.6 Å². The first kappa shape index (κ1) is 50.2. The van der Waals surface area contributed by atoms with Gasteiger partial charge in [0.15, 0.2) is 22.8 Å². The standard InChI is InChI=1S/C26H29NO4S.C25H25Cl2NO5/c1-16(2)23-22(32-24(27-23)19-8-6-17(3)7-9-19)15-14-21(28)18-10-12-20(13-11-18)31-26(4,5)25(29)30;1-14(2)22-20(28-23(32-22)18-10-7-16(26)13-19(18)27)11-12-21(29)15-5-8-17(9-6-15)33-25(3,4)24(30)31/h6-13,16H,14-15H2,1-5H3,(H,29,30);5-10,13-14H,11-12H2,1-4H3,(H,30,31). The van der Waals surface area contributed by atoms with Gasteiger partial charge in [0.1, 0.15) is 22.3 Å². The van der Waals surface area contributed by atoms with Crippen molar-refractivity contribution >= 4 is 58.0 Å². The largest absolute Gasteiger partial charge is 0.478 e. The van der Waals surface area contributed by atoms with Crippen LogP contribution in [0.25, 0.3) is 22.0 Å². The van der Waals surface area contributed by atoms with Crippen LogP contribution in [0, 0.1) is 6.92 Å². The van der Waals surface area contributed by atoms with Crippen molar-refractivity contribution in [2.24, 2.45) is 0 Å². The highest BCUT2D eigenvalue weighted by molar-refractivity contribution is 7.15. The number of carboxylic acids is 2. The third-order valence-corrected chi connectivity index (χ3v) is 12.0. The molecule has 6 aromatic rings. The normalized spacial score (nSPS) is 11.6. The van der Waals surface area contributed by atoms with Gasteiger partial charge >= 0.3 is 11.9 Å². The molecule has 0 fully saturated rings. The number of carboxylic acid groups (broad SMARTS) is 2. The van der Waals surface area contributed by atoms with Crippen LogP contribution in [0.2, 0.25) is 10.0 Å². The molecular formula is C51H54Cl2N2O9S. The molecule has 4 aromatic carbocycles. The summed E-state index contributed by atoms with van der Waals surface area (Å²) in [4.78, 5) is 58.6. The number of rotatable bonds is 18. The zero-order chi connectivity index (χ0) is 47.8. The van der Waals surface area contributed by atoms with Gasteiger partial charge in [0.25, 0.3) is 0 Å². The van der Waals surface area contributed by atoms with Crippen LogP contribution >= 0.6 is 34.5 Å². The fraction of sp³-hybridized carbons (Fsp3) is 0.333. The molecule has 342 valence electrons. The molecule has 0 aliphatic heterocycles. The second-order valence-electron chi connectivity index (χ2n) is 17.2. The molecule has 2 heterocycles. The van der Waals surface area contributed by atoms with Gasteiger partial charge in [-0.15, -0.1) is 11.3 Å². The van der Waals surface area contributed by atoms with Gasteiger partial charge in [0, 0.05) is 51.8 Å². The van der Waals surface area contributed by atoms with E-state index in [4.69, 9.17) is 42.1 Å². The number of carbonyl (C=O) groups is 4. The predicted molar refractivity (Wildman–Crippen MR) is 255 cm³/mol. The van der Waals surface area contributed by atoms with Crippen molar-refractivity contribution in [2.45, 2.75) is 111 Å². The molecule has 0 aliphatic rings. The van der Waals surface area contributed by atoms with Crippen molar-refractivity contribution in [2.75, 3.05) is 0 Å². The molecule has 0 saturated carbocycles. The molecule has 0 radical (unpaired) electrons. The van der Waals surface area contributed by atoms with Crippen LogP contribution in [-0.2, 0) is 22.4 Å². The monoisotopic (exact) mass is 940 g/mol. The first-order valence-electron chi connectivity index (χ1n) is 21.2. The highest BCUT2D eigenvalue weighted by Gasteiger charge is 2.30. The molecule has 2 N–H and O–H groups in total. The van der Waals surface area contributed by atoms with Gasteiger partial charge in [0.05, 0.1) is 22.0 Å². The van der Waals surface area contributed by atoms with E-state index in [-0.39, 0.29) is 29.8 Å². The molecule has 0 amide bonds. The van der Waals surface area contributed by atoms with Crippen molar-refractivity contribution < 1.29 is 43.3 Å². The second-order valence-corrected chi connectivity index (χ2v) is 19.1. The predicted octanol–water partition coefficient (Wildman–Crippen LogP) is 13.1. The number of ketones is 2. The van der Waals surface area contributed by atoms with E-state index in [0.29, 0.717) is 74.8 Å². The number of hydrogen-bond acceptors (Lipinski definition) is 10. The maximum Gasteiger partial charge on any atom is 0.347 e. The Labute approximate surface area is 393 Å². The van der Waals surface area contributed by atoms with E-state index in [1.807, 2.05) is 13.8 Å². The fourth-order valence-electron chi connectivity index (χ4n) is 6.43. The van der Waals surface area contributed by atoms with E-state index in [1.54, 1.807) is 78.1 Å². The lowest BCUT2D eigenvalue weighted by molar-refractivity contribution is -0.152. The summed E-state index contributed by atoms with van der Waals surface area (Å²) in [6.45, 7) is 16.2. The van der Waals surface area contributed by atoms with Crippen molar-refractivity contribution in [1.82, 2.24) is 9.97 Å². The second kappa shape index (κ2) is 21.4. The van der Waals surface area contributed by atoms with Crippen LogP contribution in [0.5, 0.6) is 11.5 Å². The number of hydrogen-bond donors (Lipinski definition) is 2. The highest BCUT2D eigenvalue weighted by Crippen LogP contribution is 2.35. The Morgan fingerprint density at radius 3 is 1.66 bits per heavy atom. The van der Waals surface area contributed by atoms with E-state index in [0.717, 1.165) is 21.1 Å². The van der Waals surface area contributed by atoms with E-state index in [1.165, 1.54) is 33.3 Å². The molecule has 11 nitrogen and oxygen atoms in total. The molecule has 0 bridgehead atoms. The lowest BCUT2D eigenvalue weighted by Crippen LogP contribution is -2.37. The number of Topliss-reactive ketones (excluding diaryl/α,β-unsaturated/α-hetero) is 2. The first-order chi connectivity index (χ1) is 30.5. The maximum atomic E-state index is 12.8. The summed E-state index contributed by atoms with van der Waals surface area (Å²) in [5, 5.41) is 20.3. The molecule has 0 aliphatic carbocycles. The van der Waals surface area contributed by atoms with E-state index >= 15 is 0 Å². The number of thiazole rings is 1. The lowest BCUT2D eigenvalue weighted by Gasteiger charge is -2.21. The minimum atomic E-state index is -1.36. The number of halogens is 2. The minimum Gasteiger partial charge on any atom is -0.478 e. The van der Waals surface area contributed by atoms with Gasteiger partial charge in [-0.3, -0.25) is 9.59 Å². The van der Waals surface area contributed by atoms with Gasteiger partial charge in [-0.05, 0) is 114 Å². The van der Waals surface area contributed by atoms with Gasteiger partial charge in [0.2, 0.25) is 5.89 Å². The summed E-state index contributed by atoms with van der Waals surface area (Å²) < 4.78 is 17.0.